The van der Waals surface area contributed by atoms with Crippen LogP contribution in [0.4, 0.5) is 5.69 Å². The molecular weight excluding hydrogens is 327 g/mol. The number of hydrogen-bond donors (Lipinski definition) is 3. The minimum atomic E-state index is -3.90. The Morgan fingerprint density at radius 3 is 2.46 bits per heavy atom. The highest BCUT2D eigenvalue weighted by molar-refractivity contribution is 7.54. The highest BCUT2D eigenvalue weighted by Gasteiger charge is 2.18. The fraction of sp³-hybridized carbons (Fsp3) is 0.235. The van der Waals surface area contributed by atoms with Crippen LogP contribution in [0.25, 0.3) is 0 Å². The number of hydrogen-bond acceptors (Lipinski definition) is 3. The van der Waals surface area contributed by atoms with Gasteiger partial charge in [-0.25, -0.2) is 4.57 Å². The zero-order valence-electron chi connectivity index (χ0n) is 13.4. The van der Waals surface area contributed by atoms with Crippen LogP contribution in [0.3, 0.4) is 0 Å². The Morgan fingerprint density at radius 1 is 1.12 bits per heavy atom. The number of nitrogens with one attached hydrogen (secondary N) is 2. The molecule has 1 unspecified atom stereocenters. The van der Waals surface area contributed by atoms with Crippen LogP contribution in [0.1, 0.15) is 22.3 Å². The van der Waals surface area contributed by atoms with E-state index in [0.29, 0.717) is 24.2 Å². The molecule has 2 aromatic carbocycles. The first-order valence-corrected chi connectivity index (χ1v) is 9.19. The molecule has 1 amide bonds. The Kier molecular flexibility index (Phi) is 6.55. The first-order chi connectivity index (χ1) is 11.5. The zero-order valence-corrected chi connectivity index (χ0v) is 14.3. The van der Waals surface area contributed by atoms with Crippen molar-refractivity contribution in [3.8, 4) is 0 Å². The number of amides is 1. The minimum absolute atomic E-state index is 0.0573. The van der Waals surface area contributed by atoms with E-state index >= 15 is 0 Å². The van der Waals surface area contributed by atoms with E-state index < -0.39 is 7.75 Å². The average molecular weight is 348 g/mol. The molecule has 2 rings (SSSR count). The summed E-state index contributed by atoms with van der Waals surface area (Å²) in [5.41, 5.74) is 2.18. The van der Waals surface area contributed by atoms with E-state index in [1.807, 2.05) is 25.1 Å². The van der Waals surface area contributed by atoms with Crippen molar-refractivity contribution in [3.05, 3.63) is 65.7 Å². The number of benzene rings is 2. The lowest BCUT2D eigenvalue weighted by Crippen LogP contribution is -2.25. The van der Waals surface area contributed by atoms with Gasteiger partial charge in [0.2, 0.25) is 0 Å². The van der Waals surface area contributed by atoms with Crippen molar-refractivity contribution in [3.63, 3.8) is 0 Å². The van der Waals surface area contributed by atoms with Crippen LogP contribution in [-0.2, 0) is 9.09 Å². The molecule has 1 atom stereocenters. The molecule has 2 aromatic rings. The first kappa shape index (κ1) is 18.2. The second kappa shape index (κ2) is 8.64. The quantitative estimate of drug-likeness (QED) is 0.503. The van der Waals surface area contributed by atoms with E-state index in [0.717, 1.165) is 5.56 Å². The molecule has 0 heterocycles. The van der Waals surface area contributed by atoms with Crippen molar-refractivity contribution in [2.45, 2.75) is 13.3 Å². The molecular formula is C17H21N2O4P. The Morgan fingerprint density at radius 2 is 1.79 bits per heavy atom. The molecule has 7 heteroatoms. The van der Waals surface area contributed by atoms with Crippen molar-refractivity contribution in [1.82, 2.24) is 5.32 Å². The molecule has 3 N–H and O–H groups in total. The van der Waals surface area contributed by atoms with Crippen LogP contribution in [-0.4, -0.2) is 24.0 Å². The molecule has 24 heavy (non-hydrogen) atoms. The van der Waals surface area contributed by atoms with Crippen molar-refractivity contribution in [2.24, 2.45) is 0 Å². The summed E-state index contributed by atoms with van der Waals surface area (Å²) in [6.45, 7) is 2.37. The summed E-state index contributed by atoms with van der Waals surface area (Å²) in [5, 5.41) is 5.19. The second-order valence-corrected chi connectivity index (χ2v) is 6.83. The fourth-order valence-corrected chi connectivity index (χ4v) is 2.89. The lowest BCUT2D eigenvalue weighted by atomic mass is 10.1. The third-order valence-corrected chi connectivity index (χ3v) is 4.30. The molecule has 6 nitrogen and oxygen atoms in total. The highest BCUT2D eigenvalue weighted by atomic mass is 31.2. The molecule has 0 saturated carbocycles. The Hall–Kier alpha value is -2.14. The predicted octanol–water partition coefficient (Wildman–Crippen LogP) is 3.34. The summed E-state index contributed by atoms with van der Waals surface area (Å²) in [7, 11) is -3.90. The van der Waals surface area contributed by atoms with Gasteiger partial charge in [-0.3, -0.25) is 14.4 Å². The zero-order chi connectivity index (χ0) is 17.4. The third kappa shape index (κ3) is 6.16. The maximum atomic E-state index is 11.9. The van der Waals surface area contributed by atoms with Gasteiger partial charge in [0, 0.05) is 17.8 Å². The summed E-state index contributed by atoms with van der Waals surface area (Å²) in [6.07, 6.45) is 0.429. The van der Waals surface area contributed by atoms with Crippen molar-refractivity contribution in [2.75, 3.05) is 18.2 Å². The molecule has 0 aliphatic carbocycles. The summed E-state index contributed by atoms with van der Waals surface area (Å²) in [5.74, 6) is -0.176. The van der Waals surface area contributed by atoms with Gasteiger partial charge in [-0.15, -0.1) is 0 Å². The number of carbonyl (C=O) groups is 1. The molecule has 0 fully saturated rings. The molecule has 0 radical (unpaired) electrons. The van der Waals surface area contributed by atoms with Crippen molar-refractivity contribution >= 4 is 19.3 Å². The highest BCUT2D eigenvalue weighted by Crippen LogP contribution is 2.41. The molecule has 128 valence electrons. The van der Waals surface area contributed by atoms with E-state index in [9.17, 15) is 14.3 Å². The molecule has 0 saturated heterocycles. The largest absolute Gasteiger partial charge is 0.430 e. The number of carbonyl (C=O) groups excluding carboxylic acids is 1. The molecule has 0 aliphatic rings. The molecule has 0 aromatic heterocycles. The van der Waals surface area contributed by atoms with Crippen LogP contribution in [0, 0.1) is 6.92 Å². The number of aryl methyl sites for hydroxylation is 1. The summed E-state index contributed by atoms with van der Waals surface area (Å²) in [4.78, 5) is 21.6. The van der Waals surface area contributed by atoms with Gasteiger partial charge in [0.05, 0.1) is 6.61 Å². The molecule has 0 aliphatic heterocycles. The minimum Gasteiger partial charge on any atom is -0.352 e. The summed E-state index contributed by atoms with van der Waals surface area (Å²) in [6, 6.07) is 15.9. The maximum absolute atomic E-state index is 11.9. The summed E-state index contributed by atoms with van der Waals surface area (Å²) < 4.78 is 16.9. The van der Waals surface area contributed by atoms with E-state index in [-0.39, 0.29) is 12.5 Å². The van der Waals surface area contributed by atoms with E-state index in [1.165, 1.54) is 0 Å². The van der Waals surface area contributed by atoms with Gasteiger partial charge >= 0.3 is 7.75 Å². The smallest absolute Gasteiger partial charge is 0.352 e. The van der Waals surface area contributed by atoms with Crippen molar-refractivity contribution in [1.29, 1.82) is 0 Å². The fourth-order valence-electron chi connectivity index (χ4n) is 1.98. The topological polar surface area (TPSA) is 87.7 Å². The maximum Gasteiger partial charge on any atom is 0.430 e. The lowest BCUT2D eigenvalue weighted by molar-refractivity contribution is 0.0951. The van der Waals surface area contributed by atoms with Gasteiger partial charge in [0.1, 0.15) is 0 Å². The molecule has 0 spiro atoms. The van der Waals surface area contributed by atoms with Crippen LogP contribution >= 0.6 is 7.75 Å². The van der Waals surface area contributed by atoms with Gasteiger partial charge in [0.15, 0.2) is 0 Å². The first-order valence-electron chi connectivity index (χ1n) is 7.62. The van der Waals surface area contributed by atoms with E-state index in [4.69, 9.17) is 4.52 Å². The number of rotatable bonds is 8. The SMILES string of the molecule is Cc1ccc(C(=O)NCCCOP(=O)(O)Nc2ccccc2)cc1. The Bertz CT molecular complexity index is 704. The van der Waals surface area contributed by atoms with Gasteiger partial charge in [0.25, 0.3) is 5.91 Å². The van der Waals surface area contributed by atoms with Crippen molar-refractivity contribution < 1.29 is 18.8 Å². The number of anilines is 1. The van der Waals surface area contributed by atoms with Crippen LogP contribution in [0.2, 0.25) is 0 Å². The van der Waals surface area contributed by atoms with Crippen LogP contribution < -0.4 is 10.4 Å². The van der Waals surface area contributed by atoms with E-state index in [1.54, 1.807) is 36.4 Å². The molecule has 0 bridgehead atoms. The summed E-state index contributed by atoms with van der Waals surface area (Å²) >= 11 is 0. The Labute approximate surface area is 141 Å². The predicted molar refractivity (Wildman–Crippen MR) is 94.0 cm³/mol. The average Bonchev–Trinajstić information content (AvgIpc) is 2.55. The standard InChI is InChI=1S/C17H21N2O4P/c1-14-8-10-15(11-9-14)17(20)18-12-5-13-23-24(21,22)19-16-6-3-2-4-7-16/h2-4,6-11H,5,12-13H2,1H3,(H,18,20)(H2,19,21,22). The monoisotopic (exact) mass is 348 g/mol. The van der Waals surface area contributed by atoms with Gasteiger partial charge in [-0.05, 0) is 37.6 Å². The van der Waals surface area contributed by atoms with Crippen LogP contribution in [0.15, 0.2) is 54.6 Å². The van der Waals surface area contributed by atoms with E-state index in [2.05, 4.69) is 10.4 Å². The second-order valence-electron chi connectivity index (χ2n) is 5.31. The van der Waals surface area contributed by atoms with Gasteiger partial charge in [-0.1, -0.05) is 35.9 Å². The van der Waals surface area contributed by atoms with Crippen LogP contribution in [0.5, 0.6) is 0 Å². The van der Waals surface area contributed by atoms with Gasteiger partial charge in [-0.2, -0.15) is 0 Å². The van der Waals surface area contributed by atoms with Gasteiger partial charge < -0.3 is 10.2 Å². The third-order valence-electron chi connectivity index (χ3n) is 3.23. The Balaban J connectivity index is 1.68. The lowest BCUT2D eigenvalue weighted by Gasteiger charge is -2.14. The number of para-hydroxylation sites is 1. The normalized spacial score (nSPS) is 13.1.